The summed E-state index contributed by atoms with van der Waals surface area (Å²) >= 11 is 12.7. The molecule has 0 radical (unpaired) electrons. The van der Waals surface area contributed by atoms with Gasteiger partial charge >= 0.3 is 0 Å². The fourth-order valence-electron chi connectivity index (χ4n) is 6.81. The lowest BCUT2D eigenvalue weighted by atomic mass is 9.80. The molecule has 2 heterocycles. The first-order valence-corrected chi connectivity index (χ1v) is 15.5. The molecule has 7 heteroatoms. The summed E-state index contributed by atoms with van der Waals surface area (Å²) in [5, 5.41) is 4.39. The van der Waals surface area contributed by atoms with E-state index in [0.717, 1.165) is 75.8 Å². The van der Waals surface area contributed by atoms with Crippen LogP contribution in [0.4, 0.5) is 0 Å². The highest BCUT2D eigenvalue weighted by Crippen LogP contribution is 2.38. The average molecular weight is 593 g/mol. The third-order valence-corrected chi connectivity index (χ3v) is 9.60. The first-order chi connectivity index (χ1) is 19.9. The number of nitrogens with zero attached hydrogens (tertiary/aromatic N) is 2. The maximum absolute atomic E-state index is 13.7. The monoisotopic (exact) mass is 591 g/mol. The maximum atomic E-state index is 13.7. The van der Waals surface area contributed by atoms with Crippen molar-refractivity contribution in [2.75, 3.05) is 26.2 Å². The normalized spacial score (nSPS) is 20.9. The molecule has 2 aliphatic rings. The Balaban J connectivity index is 1.28. The van der Waals surface area contributed by atoms with Gasteiger partial charge in [-0.2, -0.15) is 0 Å². The quantitative estimate of drug-likeness (QED) is 0.299. The predicted molar refractivity (Wildman–Crippen MR) is 167 cm³/mol. The number of nitrogens with one attached hydrogen (secondary N) is 1. The van der Waals surface area contributed by atoms with Crippen LogP contribution in [0.3, 0.4) is 0 Å². The van der Waals surface area contributed by atoms with Crippen molar-refractivity contribution in [2.24, 2.45) is 0 Å². The van der Waals surface area contributed by atoms with Crippen molar-refractivity contribution < 1.29 is 9.59 Å². The summed E-state index contributed by atoms with van der Waals surface area (Å²) < 4.78 is 0. The third-order valence-electron chi connectivity index (χ3n) is 8.86. The van der Waals surface area contributed by atoms with Crippen LogP contribution in [0, 0.1) is 0 Å². The molecule has 3 aromatic rings. The van der Waals surface area contributed by atoms with Gasteiger partial charge < -0.3 is 15.1 Å². The second-order valence-electron chi connectivity index (χ2n) is 11.5. The SMILES string of the molecule is CC(=O)NC1(c2ccccc2)CCN(CCCC2C(c3ccc(Cl)c(Cl)c3)CCCN2C(=O)c2ccccc2)CC1. The van der Waals surface area contributed by atoms with Gasteiger partial charge in [-0.25, -0.2) is 0 Å². The molecule has 2 saturated heterocycles. The Bertz CT molecular complexity index is 1330. The number of hydrogen-bond donors (Lipinski definition) is 1. The summed E-state index contributed by atoms with van der Waals surface area (Å²) in [6, 6.07) is 26.0. The molecule has 1 N–H and O–H groups in total. The number of benzene rings is 3. The number of carbonyl (C=O) groups excluding carboxylic acids is 2. The van der Waals surface area contributed by atoms with Gasteiger partial charge in [0.05, 0.1) is 15.6 Å². The lowest BCUT2D eigenvalue weighted by Crippen LogP contribution is -2.53. The third kappa shape index (κ3) is 6.97. The molecule has 2 amide bonds. The summed E-state index contributed by atoms with van der Waals surface area (Å²) in [6.07, 6.45) is 5.63. The fraction of sp³-hybridized carbons (Fsp3) is 0.412. The van der Waals surface area contributed by atoms with Gasteiger partial charge in [-0.3, -0.25) is 9.59 Å². The number of hydrogen-bond acceptors (Lipinski definition) is 3. The minimum Gasteiger partial charge on any atom is -0.347 e. The topological polar surface area (TPSA) is 52.7 Å². The predicted octanol–water partition coefficient (Wildman–Crippen LogP) is 7.29. The molecule has 2 fully saturated rings. The molecular weight excluding hydrogens is 553 g/mol. The van der Waals surface area contributed by atoms with Gasteiger partial charge in [0.1, 0.15) is 0 Å². The van der Waals surface area contributed by atoms with Gasteiger partial charge in [-0.1, -0.05) is 77.8 Å². The Hall–Kier alpha value is -2.86. The average Bonchev–Trinajstić information content (AvgIpc) is 3.00. The fourth-order valence-corrected chi connectivity index (χ4v) is 7.11. The van der Waals surface area contributed by atoms with Gasteiger partial charge in [0.2, 0.25) is 5.91 Å². The molecule has 2 atom stereocenters. The largest absolute Gasteiger partial charge is 0.347 e. The van der Waals surface area contributed by atoms with Crippen LogP contribution in [0.2, 0.25) is 10.0 Å². The van der Waals surface area contributed by atoms with Crippen molar-refractivity contribution >= 4 is 35.0 Å². The van der Waals surface area contributed by atoms with Crippen LogP contribution in [0.1, 0.15) is 72.9 Å². The molecular formula is C34H39Cl2N3O2. The highest BCUT2D eigenvalue weighted by molar-refractivity contribution is 6.42. The Kier molecular flexibility index (Phi) is 9.69. The van der Waals surface area contributed by atoms with Crippen molar-refractivity contribution in [3.05, 3.63) is 106 Å². The second kappa shape index (κ2) is 13.4. The Morgan fingerprint density at radius 3 is 2.24 bits per heavy atom. The molecule has 0 aromatic heterocycles. The van der Waals surface area contributed by atoms with Crippen molar-refractivity contribution in [1.29, 1.82) is 0 Å². The minimum atomic E-state index is -0.315. The number of piperidine rings is 2. The van der Waals surface area contributed by atoms with Crippen LogP contribution in [-0.4, -0.2) is 53.8 Å². The zero-order chi connectivity index (χ0) is 28.8. The number of likely N-dealkylation sites (tertiary alicyclic amines) is 2. The summed E-state index contributed by atoms with van der Waals surface area (Å²) in [5.74, 6) is 0.315. The van der Waals surface area contributed by atoms with Crippen LogP contribution in [0.25, 0.3) is 0 Å². The number of amides is 2. The molecule has 41 heavy (non-hydrogen) atoms. The molecule has 5 nitrogen and oxygen atoms in total. The van der Waals surface area contributed by atoms with Crippen LogP contribution in [0.15, 0.2) is 78.9 Å². The van der Waals surface area contributed by atoms with Gasteiger partial charge in [-0.15, -0.1) is 0 Å². The van der Waals surface area contributed by atoms with E-state index in [0.29, 0.717) is 10.0 Å². The van der Waals surface area contributed by atoms with E-state index in [1.54, 1.807) is 6.92 Å². The highest BCUT2D eigenvalue weighted by atomic mass is 35.5. The molecule has 0 spiro atoms. The smallest absolute Gasteiger partial charge is 0.254 e. The van der Waals surface area contributed by atoms with Crippen molar-refractivity contribution in [3.63, 3.8) is 0 Å². The number of halogens is 2. The van der Waals surface area contributed by atoms with Crippen LogP contribution in [-0.2, 0) is 10.3 Å². The molecule has 2 aliphatic heterocycles. The maximum Gasteiger partial charge on any atom is 0.254 e. The van der Waals surface area contributed by atoms with Gasteiger partial charge in [-0.05, 0) is 80.5 Å². The zero-order valence-electron chi connectivity index (χ0n) is 23.7. The van der Waals surface area contributed by atoms with Crippen LogP contribution >= 0.6 is 23.2 Å². The van der Waals surface area contributed by atoms with Crippen LogP contribution in [0.5, 0.6) is 0 Å². The van der Waals surface area contributed by atoms with Crippen molar-refractivity contribution in [2.45, 2.75) is 62.9 Å². The van der Waals surface area contributed by atoms with E-state index in [2.05, 4.69) is 33.3 Å². The van der Waals surface area contributed by atoms with Crippen LogP contribution < -0.4 is 5.32 Å². The van der Waals surface area contributed by atoms with E-state index in [1.165, 1.54) is 5.56 Å². The van der Waals surface area contributed by atoms with E-state index in [1.807, 2.05) is 60.7 Å². The van der Waals surface area contributed by atoms with E-state index in [-0.39, 0.29) is 29.3 Å². The molecule has 0 bridgehead atoms. The molecule has 5 rings (SSSR count). The molecule has 2 unspecified atom stereocenters. The van der Waals surface area contributed by atoms with Crippen molar-refractivity contribution in [3.8, 4) is 0 Å². The Morgan fingerprint density at radius 1 is 0.902 bits per heavy atom. The first-order valence-electron chi connectivity index (χ1n) is 14.7. The van der Waals surface area contributed by atoms with E-state index >= 15 is 0 Å². The summed E-state index contributed by atoms with van der Waals surface area (Å²) in [4.78, 5) is 30.4. The molecule has 0 saturated carbocycles. The molecule has 216 valence electrons. The molecule has 0 aliphatic carbocycles. The summed E-state index contributed by atoms with van der Waals surface area (Å²) in [6.45, 7) is 5.17. The van der Waals surface area contributed by atoms with Gasteiger partial charge in [0.25, 0.3) is 5.91 Å². The second-order valence-corrected chi connectivity index (χ2v) is 12.3. The lowest BCUT2D eigenvalue weighted by Gasteiger charge is -2.44. The molecule has 3 aromatic carbocycles. The summed E-state index contributed by atoms with van der Waals surface area (Å²) in [7, 11) is 0. The Labute approximate surface area is 253 Å². The first kappa shape index (κ1) is 29.6. The Morgan fingerprint density at radius 2 is 1.59 bits per heavy atom. The minimum absolute atomic E-state index is 0.0103. The number of carbonyl (C=O) groups is 2. The highest BCUT2D eigenvalue weighted by Gasteiger charge is 2.38. The van der Waals surface area contributed by atoms with Crippen molar-refractivity contribution in [1.82, 2.24) is 15.1 Å². The van der Waals surface area contributed by atoms with E-state index in [4.69, 9.17) is 23.2 Å². The lowest BCUT2D eigenvalue weighted by molar-refractivity contribution is -0.121. The standard InChI is InChI=1S/C34H39Cl2N3O2/c1-25(40)37-34(28-12-6-3-7-13-28)18-22-38(23-19-34)20-9-15-32-29(27-16-17-30(35)31(36)24-27)14-8-21-39(32)33(41)26-10-4-2-5-11-26/h2-7,10-13,16-17,24,29,32H,8-9,14-15,18-23H2,1H3,(H,37,40). The summed E-state index contributed by atoms with van der Waals surface area (Å²) in [5.41, 5.74) is 2.75. The van der Waals surface area contributed by atoms with E-state index < -0.39 is 0 Å². The van der Waals surface area contributed by atoms with Gasteiger partial charge in [0.15, 0.2) is 0 Å². The zero-order valence-corrected chi connectivity index (χ0v) is 25.2. The number of rotatable bonds is 8. The van der Waals surface area contributed by atoms with E-state index in [9.17, 15) is 9.59 Å². The van der Waals surface area contributed by atoms with Gasteiger partial charge in [0, 0.05) is 44.1 Å².